The third-order valence-corrected chi connectivity index (χ3v) is 6.86. The number of pyridine rings is 1. The number of nitrogens with one attached hydrogen (secondary N) is 1. The van der Waals surface area contributed by atoms with Gasteiger partial charge in [0.25, 0.3) is 11.8 Å². The molecule has 1 saturated carbocycles. The SMILES string of the molecule is COCCCN1n2cc(C(=O)NCc3ccc(F)cc3F)c(=O)c(O)c2C(=O)N(C)C12CCCC2. The van der Waals surface area contributed by atoms with Crippen molar-refractivity contribution < 1.29 is 28.2 Å². The van der Waals surface area contributed by atoms with Crippen molar-refractivity contribution >= 4 is 11.8 Å². The molecule has 2 heterocycles. The highest BCUT2D eigenvalue weighted by Gasteiger charge is 2.51. The largest absolute Gasteiger partial charge is 0.502 e. The number of amides is 2. The maximum absolute atomic E-state index is 14.0. The number of halogens is 2. The molecule has 2 aliphatic rings. The number of rotatable bonds is 7. The Morgan fingerprint density at radius 1 is 1.23 bits per heavy atom. The molecular formula is C24H28F2N4O5. The Balaban J connectivity index is 1.73. The minimum Gasteiger partial charge on any atom is -0.502 e. The van der Waals surface area contributed by atoms with E-state index in [1.807, 2.05) is 5.01 Å². The molecule has 2 aromatic rings. The number of aromatic nitrogens is 1. The highest BCUT2D eigenvalue weighted by Crippen LogP contribution is 2.41. The summed E-state index contributed by atoms with van der Waals surface area (Å²) in [5.74, 6) is -3.78. The third-order valence-electron chi connectivity index (χ3n) is 6.86. The molecule has 1 fully saturated rings. The minimum absolute atomic E-state index is 0.0323. The Morgan fingerprint density at radius 2 is 1.94 bits per heavy atom. The van der Waals surface area contributed by atoms with Crippen LogP contribution in [0.15, 0.2) is 29.2 Å². The molecule has 1 spiro atoms. The fourth-order valence-electron chi connectivity index (χ4n) is 5.01. The number of hydrogen-bond acceptors (Lipinski definition) is 6. The van der Waals surface area contributed by atoms with Gasteiger partial charge < -0.3 is 20.1 Å². The Labute approximate surface area is 200 Å². The van der Waals surface area contributed by atoms with Gasteiger partial charge in [0.2, 0.25) is 5.43 Å². The molecule has 2 N–H and O–H groups in total. The van der Waals surface area contributed by atoms with Crippen molar-refractivity contribution in [3.8, 4) is 5.75 Å². The van der Waals surface area contributed by atoms with Gasteiger partial charge in [0.05, 0.1) is 0 Å². The summed E-state index contributed by atoms with van der Waals surface area (Å²) in [6, 6.07) is 2.95. The second-order valence-corrected chi connectivity index (χ2v) is 8.86. The molecule has 9 nitrogen and oxygen atoms in total. The van der Waals surface area contributed by atoms with Crippen LogP contribution in [-0.4, -0.2) is 59.5 Å². The highest BCUT2D eigenvalue weighted by atomic mass is 19.1. The average molecular weight is 491 g/mol. The van der Waals surface area contributed by atoms with Gasteiger partial charge >= 0.3 is 0 Å². The van der Waals surface area contributed by atoms with Gasteiger partial charge in [-0.05, 0) is 38.2 Å². The van der Waals surface area contributed by atoms with Crippen molar-refractivity contribution in [2.75, 3.05) is 32.3 Å². The van der Waals surface area contributed by atoms with Gasteiger partial charge in [0.1, 0.15) is 22.9 Å². The van der Waals surface area contributed by atoms with Gasteiger partial charge in [-0.15, -0.1) is 0 Å². The van der Waals surface area contributed by atoms with Crippen molar-refractivity contribution in [3.63, 3.8) is 0 Å². The zero-order chi connectivity index (χ0) is 25.3. The van der Waals surface area contributed by atoms with E-state index in [0.29, 0.717) is 38.5 Å². The third kappa shape index (κ3) is 4.24. The molecule has 0 radical (unpaired) electrons. The molecule has 35 heavy (non-hydrogen) atoms. The first kappa shape index (κ1) is 24.6. The molecule has 1 aliphatic carbocycles. The van der Waals surface area contributed by atoms with E-state index in [0.717, 1.165) is 18.9 Å². The van der Waals surface area contributed by atoms with Crippen molar-refractivity contribution in [2.24, 2.45) is 0 Å². The van der Waals surface area contributed by atoms with Gasteiger partial charge in [-0.2, -0.15) is 0 Å². The van der Waals surface area contributed by atoms with Crippen molar-refractivity contribution in [3.05, 3.63) is 63.1 Å². The van der Waals surface area contributed by atoms with Crippen LogP contribution in [0.2, 0.25) is 0 Å². The molecule has 1 aliphatic heterocycles. The summed E-state index contributed by atoms with van der Waals surface area (Å²) < 4.78 is 33.7. The number of methoxy groups -OCH3 is 1. The number of hydrogen-bond donors (Lipinski definition) is 2. The van der Waals surface area contributed by atoms with Gasteiger partial charge in [-0.1, -0.05) is 6.07 Å². The normalized spacial score (nSPS) is 16.6. The number of nitrogens with zero attached hydrogens (tertiary/aromatic N) is 3. The zero-order valence-electron chi connectivity index (χ0n) is 19.6. The fraction of sp³-hybridized carbons (Fsp3) is 0.458. The lowest BCUT2D eigenvalue weighted by Crippen LogP contribution is -2.68. The molecule has 1 aromatic carbocycles. The molecule has 0 bridgehead atoms. The Kier molecular flexibility index (Phi) is 6.79. The van der Waals surface area contributed by atoms with Crippen LogP contribution in [0.5, 0.6) is 5.75 Å². The lowest BCUT2D eigenvalue weighted by molar-refractivity contribution is 0.0368. The summed E-state index contributed by atoms with van der Waals surface area (Å²) in [7, 11) is 3.24. The van der Waals surface area contributed by atoms with E-state index in [1.54, 1.807) is 19.1 Å². The van der Waals surface area contributed by atoms with E-state index in [-0.39, 0.29) is 17.8 Å². The van der Waals surface area contributed by atoms with Gasteiger partial charge in [-0.3, -0.25) is 24.1 Å². The van der Waals surface area contributed by atoms with Crippen molar-refractivity contribution in [1.82, 2.24) is 14.9 Å². The maximum atomic E-state index is 14.0. The van der Waals surface area contributed by atoms with Crippen LogP contribution in [0.3, 0.4) is 0 Å². The average Bonchev–Trinajstić information content (AvgIpc) is 3.32. The summed E-state index contributed by atoms with van der Waals surface area (Å²) in [5, 5.41) is 15.1. The van der Waals surface area contributed by atoms with E-state index in [4.69, 9.17) is 4.74 Å². The van der Waals surface area contributed by atoms with Crippen LogP contribution in [-0.2, 0) is 11.3 Å². The van der Waals surface area contributed by atoms with Crippen LogP contribution in [0.25, 0.3) is 0 Å². The predicted molar refractivity (Wildman–Crippen MR) is 123 cm³/mol. The van der Waals surface area contributed by atoms with Gasteiger partial charge in [0.15, 0.2) is 11.4 Å². The van der Waals surface area contributed by atoms with Gasteiger partial charge in [-0.25, -0.2) is 8.78 Å². The number of carbonyl (C=O) groups is 2. The zero-order valence-corrected chi connectivity index (χ0v) is 19.6. The molecule has 0 unspecified atom stereocenters. The Bertz CT molecular complexity index is 1210. The first-order valence-electron chi connectivity index (χ1n) is 11.5. The van der Waals surface area contributed by atoms with E-state index in [1.165, 1.54) is 16.9 Å². The van der Waals surface area contributed by atoms with Crippen LogP contribution in [0.1, 0.15) is 58.5 Å². The van der Waals surface area contributed by atoms with E-state index in [9.17, 15) is 28.3 Å². The topological polar surface area (TPSA) is 104 Å². The molecular weight excluding hydrogens is 462 g/mol. The lowest BCUT2D eigenvalue weighted by Gasteiger charge is -2.53. The first-order chi connectivity index (χ1) is 16.7. The molecule has 1 aromatic heterocycles. The lowest BCUT2D eigenvalue weighted by atomic mass is 10.0. The van der Waals surface area contributed by atoms with Crippen LogP contribution in [0.4, 0.5) is 8.78 Å². The molecule has 0 atom stereocenters. The summed E-state index contributed by atoms with van der Waals surface area (Å²) in [6.07, 6.45) is 5.05. The molecule has 188 valence electrons. The summed E-state index contributed by atoms with van der Waals surface area (Å²) in [5.41, 5.74) is -2.24. The number of benzene rings is 1. The molecule has 0 saturated heterocycles. The standard InChI is InChI=1S/C24H28F2N4O5/c1-28-23(34)19-21(32)20(31)17(22(33)27-13-15-6-7-16(25)12-18(15)26)14-29(19)30(10-5-11-35-2)24(28)8-3-4-9-24/h6-7,12,14,32H,3-5,8-11,13H2,1-2H3,(H,27,33). The number of carbonyl (C=O) groups excluding carboxylic acids is 2. The quantitative estimate of drug-likeness (QED) is 0.576. The summed E-state index contributed by atoms with van der Waals surface area (Å²) >= 11 is 0. The number of fused-ring (bicyclic) bond motifs is 1. The van der Waals surface area contributed by atoms with Crippen molar-refractivity contribution in [1.29, 1.82) is 0 Å². The summed E-state index contributed by atoms with van der Waals surface area (Å²) in [4.78, 5) is 40.6. The Hall–Kier alpha value is -3.47. The van der Waals surface area contributed by atoms with Crippen LogP contribution >= 0.6 is 0 Å². The van der Waals surface area contributed by atoms with E-state index < -0.39 is 45.9 Å². The number of aromatic hydroxyl groups is 1. The monoisotopic (exact) mass is 490 g/mol. The number of ether oxygens (including phenoxy) is 1. The Morgan fingerprint density at radius 3 is 2.60 bits per heavy atom. The second-order valence-electron chi connectivity index (χ2n) is 8.86. The van der Waals surface area contributed by atoms with Crippen molar-refractivity contribution in [2.45, 2.75) is 44.3 Å². The van der Waals surface area contributed by atoms with Crippen LogP contribution in [0, 0.1) is 11.6 Å². The second kappa shape index (κ2) is 9.65. The molecule has 2 amide bonds. The first-order valence-corrected chi connectivity index (χ1v) is 11.5. The fourth-order valence-corrected chi connectivity index (χ4v) is 5.01. The van der Waals surface area contributed by atoms with E-state index in [2.05, 4.69) is 5.32 Å². The summed E-state index contributed by atoms with van der Waals surface area (Å²) in [6.45, 7) is 0.612. The van der Waals surface area contributed by atoms with Crippen LogP contribution < -0.4 is 15.8 Å². The predicted octanol–water partition coefficient (Wildman–Crippen LogP) is 2.09. The minimum atomic E-state index is -1.01. The highest BCUT2D eigenvalue weighted by molar-refractivity contribution is 5.99. The smallest absolute Gasteiger partial charge is 0.278 e. The molecule has 4 rings (SSSR count). The van der Waals surface area contributed by atoms with Gasteiger partial charge in [0, 0.05) is 51.7 Å². The van der Waals surface area contributed by atoms with E-state index >= 15 is 0 Å². The molecule has 11 heteroatoms. The maximum Gasteiger partial charge on any atom is 0.278 e.